The fourth-order valence-corrected chi connectivity index (χ4v) is 2.86. The highest BCUT2D eigenvalue weighted by molar-refractivity contribution is 5.24. The minimum atomic E-state index is 0.481. The molecule has 0 aromatic heterocycles. The van der Waals surface area contributed by atoms with Crippen molar-refractivity contribution in [3.05, 3.63) is 35.4 Å². The van der Waals surface area contributed by atoms with E-state index in [4.69, 9.17) is 0 Å². The van der Waals surface area contributed by atoms with Crippen LogP contribution in [0.25, 0.3) is 0 Å². The molecule has 2 heteroatoms. The summed E-state index contributed by atoms with van der Waals surface area (Å²) in [7, 11) is 2.08. The van der Waals surface area contributed by atoms with E-state index in [1.165, 1.54) is 56.4 Å². The van der Waals surface area contributed by atoms with Gasteiger partial charge in [-0.25, -0.2) is 0 Å². The summed E-state index contributed by atoms with van der Waals surface area (Å²) in [6, 6.07) is 9.44. The van der Waals surface area contributed by atoms with Gasteiger partial charge in [-0.05, 0) is 64.2 Å². The third kappa shape index (κ3) is 4.92. The van der Waals surface area contributed by atoms with Crippen LogP contribution in [0, 0.1) is 12.8 Å². The Morgan fingerprint density at radius 2 is 1.90 bits per heavy atom. The molecule has 20 heavy (non-hydrogen) atoms. The lowest BCUT2D eigenvalue weighted by Gasteiger charge is -2.25. The lowest BCUT2D eigenvalue weighted by atomic mass is 10.0. The van der Waals surface area contributed by atoms with Crippen molar-refractivity contribution in [1.29, 1.82) is 0 Å². The van der Waals surface area contributed by atoms with E-state index in [-0.39, 0.29) is 0 Å². The third-order valence-corrected chi connectivity index (χ3v) is 4.32. The minimum Gasteiger partial charge on any atom is -0.313 e. The predicted molar refractivity (Wildman–Crippen MR) is 87.1 cm³/mol. The highest BCUT2D eigenvalue weighted by Gasteiger charge is 2.24. The summed E-state index contributed by atoms with van der Waals surface area (Å²) in [5.74, 6) is 0.994. The fourth-order valence-electron chi connectivity index (χ4n) is 2.86. The van der Waals surface area contributed by atoms with Crippen LogP contribution in [-0.4, -0.2) is 31.6 Å². The van der Waals surface area contributed by atoms with Crippen molar-refractivity contribution in [2.24, 2.45) is 5.92 Å². The maximum atomic E-state index is 3.48. The van der Waals surface area contributed by atoms with E-state index in [1.807, 2.05) is 0 Å². The van der Waals surface area contributed by atoms with Crippen LogP contribution in [0.3, 0.4) is 0 Å². The van der Waals surface area contributed by atoms with Crippen LogP contribution in [-0.2, 0) is 0 Å². The average Bonchev–Trinajstić information content (AvgIpc) is 3.25. The summed E-state index contributed by atoms with van der Waals surface area (Å²) < 4.78 is 0. The van der Waals surface area contributed by atoms with Gasteiger partial charge in [0, 0.05) is 12.6 Å². The van der Waals surface area contributed by atoms with Gasteiger partial charge in [0.2, 0.25) is 0 Å². The van der Waals surface area contributed by atoms with Gasteiger partial charge in [-0.1, -0.05) is 36.8 Å². The van der Waals surface area contributed by atoms with Crippen molar-refractivity contribution < 1.29 is 0 Å². The average molecular weight is 274 g/mol. The van der Waals surface area contributed by atoms with Crippen LogP contribution < -0.4 is 5.32 Å². The molecule has 0 spiro atoms. The zero-order chi connectivity index (χ0) is 14.4. The molecule has 0 heterocycles. The van der Waals surface area contributed by atoms with Gasteiger partial charge in [0.05, 0.1) is 0 Å². The molecule has 1 aromatic rings. The van der Waals surface area contributed by atoms with Crippen molar-refractivity contribution in [3.8, 4) is 0 Å². The molecule has 0 aliphatic heterocycles. The van der Waals surface area contributed by atoms with Gasteiger partial charge >= 0.3 is 0 Å². The van der Waals surface area contributed by atoms with Crippen LogP contribution in [0.1, 0.15) is 49.8 Å². The van der Waals surface area contributed by atoms with E-state index in [2.05, 4.69) is 55.4 Å². The van der Waals surface area contributed by atoms with Gasteiger partial charge in [-0.2, -0.15) is 0 Å². The summed E-state index contributed by atoms with van der Waals surface area (Å²) in [6.45, 7) is 8.22. The van der Waals surface area contributed by atoms with Crippen molar-refractivity contribution in [2.75, 3.05) is 26.7 Å². The maximum absolute atomic E-state index is 3.48. The number of hydrogen-bond donors (Lipinski definition) is 1. The van der Waals surface area contributed by atoms with Crippen molar-refractivity contribution >= 4 is 0 Å². The van der Waals surface area contributed by atoms with E-state index in [0.717, 1.165) is 5.92 Å². The van der Waals surface area contributed by atoms with Gasteiger partial charge in [-0.15, -0.1) is 0 Å². The Hall–Kier alpha value is -0.860. The number of nitrogens with zero attached hydrogens (tertiary/aromatic N) is 1. The van der Waals surface area contributed by atoms with Gasteiger partial charge in [0.1, 0.15) is 0 Å². The van der Waals surface area contributed by atoms with Crippen LogP contribution in [0.2, 0.25) is 0 Å². The molecule has 2 nitrogen and oxygen atoms in total. The quantitative estimate of drug-likeness (QED) is 0.737. The summed E-state index contributed by atoms with van der Waals surface area (Å²) >= 11 is 0. The number of hydrogen-bond acceptors (Lipinski definition) is 2. The Bertz CT molecular complexity index is 381. The number of nitrogens with one attached hydrogen (secondary N) is 1. The zero-order valence-electron chi connectivity index (χ0n) is 13.4. The molecular formula is C18H30N2. The van der Waals surface area contributed by atoms with Crippen molar-refractivity contribution in [1.82, 2.24) is 10.2 Å². The zero-order valence-corrected chi connectivity index (χ0v) is 13.4. The van der Waals surface area contributed by atoms with Crippen molar-refractivity contribution in [3.63, 3.8) is 0 Å². The second kappa shape index (κ2) is 7.80. The Morgan fingerprint density at radius 3 is 2.45 bits per heavy atom. The van der Waals surface area contributed by atoms with Gasteiger partial charge < -0.3 is 10.2 Å². The molecule has 1 fully saturated rings. The largest absolute Gasteiger partial charge is 0.313 e. The first-order valence-electron chi connectivity index (χ1n) is 8.19. The molecule has 1 aromatic carbocycles. The van der Waals surface area contributed by atoms with Crippen molar-refractivity contribution in [2.45, 2.75) is 45.6 Å². The molecule has 0 bridgehead atoms. The van der Waals surface area contributed by atoms with E-state index >= 15 is 0 Å². The molecule has 1 saturated carbocycles. The number of aryl methyl sites for hydroxylation is 1. The molecule has 0 radical (unpaired) electrons. The first-order chi connectivity index (χ1) is 9.72. The van der Waals surface area contributed by atoms with Crippen LogP contribution >= 0.6 is 0 Å². The molecule has 1 N–H and O–H groups in total. The monoisotopic (exact) mass is 274 g/mol. The molecular weight excluding hydrogens is 244 g/mol. The Labute approximate surface area is 124 Å². The topological polar surface area (TPSA) is 15.3 Å². The SMILES string of the molecule is CCCN(CCC(NC)c1ccc(C)cc1)CC1CC1. The summed E-state index contributed by atoms with van der Waals surface area (Å²) in [5, 5.41) is 3.48. The van der Waals surface area contributed by atoms with Crippen LogP contribution in [0.5, 0.6) is 0 Å². The Kier molecular flexibility index (Phi) is 6.06. The molecule has 2 rings (SSSR count). The Morgan fingerprint density at radius 1 is 1.20 bits per heavy atom. The predicted octanol–water partition coefficient (Wildman–Crippen LogP) is 3.77. The minimum absolute atomic E-state index is 0.481. The normalized spacial score (nSPS) is 16.6. The summed E-state index contributed by atoms with van der Waals surface area (Å²) in [6.07, 6.45) is 5.37. The number of rotatable bonds is 9. The van der Waals surface area contributed by atoms with E-state index in [9.17, 15) is 0 Å². The molecule has 0 amide bonds. The second-order valence-corrected chi connectivity index (χ2v) is 6.28. The molecule has 1 aliphatic rings. The van der Waals surface area contributed by atoms with Gasteiger partial charge in [0.25, 0.3) is 0 Å². The third-order valence-electron chi connectivity index (χ3n) is 4.32. The second-order valence-electron chi connectivity index (χ2n) is 6.28. The summed E-state index contributed by atoms with van der Waals surface area (Å²) in [4.78, 5) is 2.66. The van der Waals surface area contributed by atoms with Crippen LogP contribution in [0.15, 0.2) is 24.3 Å². The van der Waals surface area contributed by atoms with E-state index in [1.54, 1.807) is 0 Å². The van der Waals surface area contributed by atoms with Gasteiger partial charge in [0.15, 0.2) is 0 Å². The number of benzene rings is 1. The molecule has 1 aliphatic carbocycles. The highest BCUT2D eigenvalue weighted by atomic mass is 15.1. The summed E-state index contributed by atoms with van der Waals surface area (Å²) in [5.41, 5.74) is 2.76. The molecule has 112 valence electrons. The maximum Gasteiger partial charge on any atom is 0.0329 e. The fraction of sp³-hybridized carbons (Fsp3) is 0.667. The first-order valence-corrected chi connectivity index (χ1v) is 8.19. The van der Waals surface area contributed by atoms with Gasteiger partial charge in [-0.3, -0.25) is 0 Å². The lowest BCUT2D eigenvalue weighted by Crippen LogP contribution is -2.31. The highest BCUT2D eigenvalue weighted by Crippen LogP contribution is 2.30. The first kappa shape index (κ1) is 15.5. The molecule has 1 unspecified atom stereocenters. The lowest BCUT2D eigenvalue weighted by molar-refractivity contribution is 0.249. The Balaban J connectivity index is 1.86. The molecule has 1 atom stereocenters. The van der Waals surface area contributed by atoms with E-state index < -0.39 is 0 Å². The standard InChI is InChI=1S/C18H30N2/c1-4-12-20(14-16-7-8-16)13-11-18(19-3)17-9-5-15(2)6-10-17/h5-6,9-10,16,18-19H,4,7-8,11-14H2,1-3H3. The van der Waals surface area contributed by atoms with E-state index in [0.29, 0.717) is 6.04 Å². The smallest absolute Gasteiger partial charge is 0.0329 e. The molecule has 0 saturated heterocycles. The van der Waals surface area contributed by atoms with Crippen LogP contribution in [0.4, 0.5) is 0 Å².